The lowest BCUT2D eigenvalue weighted by molar-refractivity contribution is 0.0593. The normalized spacial score (nSPS) is 24.5. The van der Waals surface area contributed by atoms with Crippen molar-refractivity contribution >= 4 is 17.3 Å². The molecule has 3 heterocycles. The smallest absolute Gasteiger partial charge is 0.274 e. The first kappa shape index (κ1) is 25.8. The zero-order chi connectivity index (χ0) is 27.4. The van der Waals surface area contributed by atoms with Crippen LogP contribution in [0.15, 0.2) is 36.5 Å². The highest BCUT2D eigenvalue weighted by atomic mass is 19.1. The summed E-state index contributed by atoms with van der Waals surface area (Å²) < 4.78 is 43.4. The molecule has 7 nitrogen and oxygen atoms in total. The van der Waals surface area contributed by atoms with Gasteiger partial charge < -0.3 is 21.1 Å². The van der Waals surface area contributed by atoms with E-state index in [-0.39, 0.29) is 17.5 Å². The summed E-state index contributed by atoms with van der Waals surface area (Å²) in [7, 11) is 0. The largest absolute Gasteiger partial charge is 0.391 e. The van der Waals surface area contributed by atoms with Crippen molar-refractivity contribution < 1.29 is 23.1 Å². The van der Waals surface area contributed by atoms with Crippen LogP contribution in [0.3, 0.4) is 0 Å². The van der Waals surface area contributed by atoms with Gasteiger partial charge in [-0.15, -0.1) is 0 Å². The molecule has 4 N–H and O–H groups in total. The molecule has 2 aromatic heterocycles. The minimum Gasteiger partial charge on any atom is -0.391 e. The molecule has 4 atom stereocenters. The van der Waals surface area contributed by atoms with Crippen molar-refractivity contribution in [2.75, 3.05) is 23.3 Å². The Bertz CT molecular complexity index is 1430. The first-order chi connectivity index (χ1) is 18.7. The molecule has 1 unspecified atom stereocenters. The molecule has 0 bridgehead atoms. The van der Waals surface area contributed by atoms with Gasteiger partial charge in [-0.05, 0) is 67.3 Å². The number of fused-ring (bicyclic) bond motifs is 1. The molecule has 3 aliphatic rings. The van der Waals surface area contributed by atoms with Crippen LogP contribution in [-0.2, 0) is 6.42 Å². The molecule has 1 saturated carbocycles. The molecule has 0 spiro atoms. The Kier molecular flexibility index (Phi) is 6.55. The third-order valence-electron chi connectivity index (χ3n) is 8.29. The van der Waals surface area contributed by atoms with Crippen molar-refractivity contribution in [2.24, 2.45) is 17.6 Å². The number of rotatable bonds is 5. The number of carbonyl (C=O) groups excluding carboxylic acids is 1. The van der Waals surface area contributed by atoms with Gasteiger partial charge in [-0.1, -0.05) is 13.0 Å². The van der Waals surface area contributed by atoms with E-state index in [0.29, 0.717) is 24.7 Å². The number of nitrogens with two attached hydrogens (primary N) is 1. The quantitative estimate of drug-likeness (QED) is 0.446. The Morgan fingerprint density at radius 2 is 1.82 bits per heavy atom. The molecule has 2 aliphatic carbocycles. The summed E-state index contributed by atoms with van der Waals surface area (Å²) in [6, 6.07) is 4.89. The van der Waals surface area contributed by atoms with Gasteiger partial charge in [0, 0.05) is 30.7 Å². The average Bonchev–Trinajstić information content (AvgIpc) is 3.68. The number of nitrogens with one attached hydrogen (secondary N) is 1. The Balaban J connectivity index is 1.36. The van der Waals surface area contributed by atoms with Crippen molar-refractivity contribution in [3.63, 3.8) is 0 Å². The zero-order valence-electron chi connectivity index (χ0n) is 21.5. The number of amides is 1. The Labute approximate surface area is 224 Å². The van der Waals surface area contributed by atoms with Crippen LogP contribution in [0.2, 0.25) is 0 Å². The van der Waals surface area contributed by atoms with Crippen molar-refractivity contribution in [2.45, 2.75) is 50.7 Å². The van der Waals surface area contributed by atoms with Crippen LogP contribution in [0.5, 0.6) is 0 Å². The maximum atomic E-state index is 14.6. The molecule has 0 radical (unpaired) electrons. The highest BCUT2D eigenvalue weighted by Crippen LogP contribution is 2.46. The number of aliphatic hydroxyl groups excluding tert-OH is 1. The van der Waals surface area contributed by atoms with Crippen molar-refractivity contribution in [1.82, 2.24) is 9.97 Å². The first-order valence-electron chi connectivity index (χ1n) is 13.4. The number of pyridine rings is 2. The van der Waals surface area contributed by atoms with Crippen LogP contribution in [0.1, 0.15) is 53.8 Å². The first-order valence-corrected chi connectivity index (χ1v) is 13.4. The number of piperidine rings is 1. The minimum atomic E-state index is -0.980. The molecule has 6 rings (SSSR count). The predicted molar refractivity (Wildman–Crippen MR) is 141 cm³/mol. The van der Waals surface area contributed by atoms with Crippen LogP contribution in [0.4, 0.5) is 24.5 Å². The van der Waals surface area contributed by atoms with Crippen LogP contribution in [0, 0.1) is 29.3 Å². The van der Waals surface area contributed by atoms with E-state index < -0.39 is 46.8 Å². The number of halogens is 3. The number of hydrogen-bond donors (Lipinski definition) is 3. The van der Waals surface area contributed by atoms with Gasteiger partial charge in [-0.25, -0.2) is 18.2 Å². The number of hydrogen-bond acceptors (Lipinski definition) is 6. The van der Waals surface area contributed by atoms with Gasteiger partial charge in [0.2, 0.25) is 0 Å². The van der Waals surface area contributed by atoms with Gasteiger partial charge in [0.25, 0.3) is 5.91 Å². The monoisotopic (exact) mass is 537 g/mol. The number of aromatic nitrogens is 2. The maximum Gasteiger partial charge on any atom is 0.274 e. The van der Waals surface area contributed by atoms with Crippen molar-refractivity contribution in [1.29, 1.82) is 0 Å². The summed E-state index contributed by atoms with van der Waals surface area (Å²) in [6.07, 6.45) is 4.88. The highest BCUT2D eigenvalue weighted by Gasteiger charge is 2.44. The molecular weight excluding hydrogens is 507 g/mol. The molecule has 204 valence electrons. The highest BCUT2D eigenvalue weighted by molar-refractivity contribution is 6.05. The fraction of sp³-hybridized carbons (Fsp3) is 0.414. The number of anilines is 2. The number of carbonyl (C=O) groups is 1. The molecular formula is C29H30F3N5O2. The van der Waals surface area contributed by atoms with Gasteiger partial charge in [0.15, 0.2) is 0 Å². The molecule has 39 heavy (non-hydrogen) atoms. The van der Waals surface area contributed by atoms with E-state index in [1.807, 2.05) is 0 Å². The zero-order valence-corrected chi connectivity index (χ0v) is 21.5. The summed E-state index contributed by atoms with van der Waals surface area (Å²) in [4.78, 5) is 24.2. The molecule has 3 aromatic rings. The van der Waals surface area contributed by atoms with Gasteiger partial charge >= 0.3 is 0 Å². The Hall–Kier alpha value is -3.50. The predicted octanol–water partition coefficient (Wildman–Crippen LogP) is 4.40. The van der Waals surface area contributed by atoms with E-state index >= 15 is 0 Å². The standard InChI is InChI=1S/C29H30F3N5O2/c1-14-5-8-16-25(14)34-11-23(27(16)37-12-17(15-6-7-15)28(38)21(33)13-37)36-29(39)22-10-9-20(32)26(35-22)24-18(30)3-2-4-19(24)31/h2-4,9-11,14-15,17,21,28,38H,5-8,12-13,33H2,1H3,(H,36,39)/t14?,17-,21-,28-/m1/s1. The second kappa shape index (κ2) is 9.91. The lowest BCUT2D eigenvalue weighted by Crippen LogP contribution is -2.57. The maximum absolute atomic E-state index is 14.6. The summed E-state index contributed by atoms with van der Waals surface area (Å²) in [6.45, 7) is 3.15. The fourth-order valence-corrected chi connectivity index (χ4v) is 6.08. The topological polar surface area (TPSA) is 104 Å². The van der Waals surface area contributed by atoms with Gasteiger partial charge in [0.1, 0.15) is 28.8 Å². The summed E-state index contributed by atoms with van der Waals surface area (Å²) in [5, 5.41) is 13.6. The van der Waals surface area contributed by atoms with E-state index in [1.54, 1.807) is 6.20 Å². The lowest BCUT2D eigenvalue weighted by Gasteiger charge is -2.42. The molecule has 1 aliphatic heterocycles. The molecule has 1 amide bonds. The molecule has 2 fully saturated rings. The van der Waals surface area contributed by atoms with Gasteiger partial charge in [0.05, 0.1) is 29.2 Å². The van der Waals surface area contributed by atoms with Gasteiger partial charge in [-0.3, -0.25) is 9.78 Å². The van der Waals surface area contributed by atoms with E-state index in [9.17, 15) is 23.1 Å². The van der Waals surface area contributed by atoms with Crippen LogP contribution < -0.4 is 16.0 Å². The third-order valence-corrected chi connectivity index (χ3v) is 8.29. The van der Waals surface area contributed by atoms with Crippen LogP contribution >= 0.6 is 0 Å². The van der Waals surface area contributed by atoms with Crippen LogP contribution in [-0.4, -0.2) is 46.2 Å². The summed E-state index contributed by atoms with van der Waals surface area (Å²) in [5.41, 5.74) is 8.27. The van der Waals surface area contributed by atoms with Gasteiger partial charge in [-0.2, -0.15) is 0 Å². The Morgan fingerprint density at radius 1 is 1.08 bits per heavy atom. The molecule has 10 heteroatoms. The lowest BCUT2D eigenvalue weighted by atomic mass is 9.86. The van der Waals surface area contributed by atoms with E-state index in [1.165, 1.54) is 12.1 Å². The molecule has 1 saturated heterocycles. The van der Waals surface area contributed by atoms with Crippen molar-refractivity contribution in [3.05, 3.63) is 70.9 Å². The van der Waals surface area contributed by atoms with E-state index in [2.05, 4.69) is 27.1 Å². The SMILES string of the molecule is CC1CCc2c1ncc(NC(=O)c1ccc(F)c(-c3c(F)cccc3F)n1)c2N1C[C@@H](N)[C@H](O)[C@@H](C2CC2)C1. The second-order valence-corrected chi connectivity index (χ2v) is 11.0. The second-order valence-electron chi connectivity index (χ2n) is 11.0. The summed E-state index contributed by atoms with van der Waals surface area (Å²) >= 11 is 0. The Morgan fingerprint density at radius 3 is 2.54 bits per heavy atom. The van der Waals surface area contributed by atoms with Crippen LogP contribution in [0.25, 0.3) is 11.3 Å². The number of aliphatic hydroxyl groups is 1. The summed E-state index contributed by atoms with van der Waals surface area (Å²) in [5.74, 6) is -2.83. The minimum absolute atomic E-state index is 0.0388. The third kappa shape index (κ3) is 4.65. The van der Waals surface area contributed by atoms with Crippen molar-refractivity contribution in [3.8, 4) is 11.3 Å². The number of benzene rings is 1. The van der Waals surface area contributed by atoms with E-state index in [0.717, 1.165) is 60.8 Å². The molecule has 1 aromatic carbocycles. The van der Waals surface area contributed by atoms with E-state index in [4.69, 9.17) is 5.73 Å². The average molecular weight is 538 g/mol. The number of nitrogens with zero attached hydrogens (tertiary/aromatic N) is 3. The fourth-order valence-electron chi connectivity index (χ4n) is 6.08.